The first-order valence-electron chi connectivity index (χ1n) is 13.0. The van der Waals surface area contributed by atoms with Crippen LogP contribution in [0.25, 0.3) is 16.9 Å². The van der Waals surface area contributed by atoms with Crippen LogP contribution < -0.4 is 5.32 Å². The molecule has 1 N–H and O–H groups in total. The number of hydrogen-bond donors (Lipinski definition) is 1. The zero-order chi connectivity index (χ0) is 32.2. The minimum absolute atomic E-state index is 0.00749. The highest BCUT2D eigenvalue weighted by atomic mass is 19.4. The maximum absolute atomic E-state index is 14.2. The molecule has 44 heavy (non-hydrogen) atoms. The van der Waals surface area contributed by atoms with Crippen LogP contribution >= 0.6 is 0 Å². The molecule has 0 unspecified atom stereocenters. The summed E-state index contributed by atoms with van der Waals surface area (Å²) in [5, 5.41) is 10.3. The van der Waals surface area contributed by atoms with E-state index in [1.54, 1.807) is 24.3 Å². The molecule has 0 aliphatic rings. The highest BCUT2D eigenvalue weighted by Crippen LogP contribution is 2.33. The Balaban J connectivity index is 1.48. The molecule has 0 saturated heterocycles. The van der Waals surface area contributed by atoms with Crippen molar-refractivity contribution >= 4 is 17.2 Å². The van der Waals surface area contributed by atoms with Crippen LogP contribution in [-0.2, 0) is 12.7 Å². The van der Waals surface area contributed by atoms with Gasteiger partial charge in [-0.3, -0.25) is 9.48 Å². The number of nitrogens with zero attached hydrogens (tertiary/aromatic N) is 5. The van der Waals surface area contributed by atoms with Gasteiger partial charge in [0.2, 0.25) is 5.82 Å². The van der Waals surface area contributed by atoms with E-state index >= 15 is 0 Å². The van der Waals surface area contributed by atoms with Crippen molar-refractivity contribution in [2.75, 3.05) is 5.32 Å². The Hall–Kier alpha value is -4.82. The molecule has 3 aromatic heterocycles. The number of hydrogen-bond acceptors (Lipinski definition) is 4. The number of amides is 1. The van der Waals surface area contributed by atoms with Crippen molar-refractivity contribution in [1.29, 1.82) is 0 Å². The van der Waals surface area contributed by atoms with Crippen LogP contribution in [0.1, 0.15) is 58.5 Å². The van der Waals surface area contributed by atoms with Gasteiger partial charge in [0.15, 0.2) is 40.3 Å². The number of aromatic nitrogens is 5. The molecule has 7 nitrogen and oxygen atoms in total. The van der Waals surface area contributed by atoms with Gasteiger partial charge in [-0.15, -0.1) is 0 Å². The minimum Gasteiger partial charge on any atom is -0.317 e. The lowest BCUT2D eigenvalue weighted by Crippen LogP contribution is -2.16. The monoisotopic (exact) mass is 622 g/mol. The van der Waals surface area contributed by atoms with Crippen LogP contribution in [0.15, 0.2) is 36.4 Å². The Labute approximate surface area is 244 Å². The number of fused-ring (bicyclic) bond motifs is 1. The quantitative estimate of drug-likeness (QED) is 0.122. The maximum atomic E-state index is 14.2. The van der Waals surface area contributed by atoms with Crippen molar-refractivity contribution in [1.82, 2.24) is 24.4 Å². The number of carbonyl (C=O) groups excluding carboxylic acids is 1. The lowest BCUT2D eigenvalue weighted by molar-refractivity contribution is -0.142. The van der Waals surface area contributed by atoms with Gasteiger partial charge in [0.25, 0.3) is 5.91 Å². The first-order chi connectivity index (χ1) is 20.6. The summed E-state index contributed by atoms with van der Waals surface area (Å²) in [7, 11) is 0. The van der Waals surface area contributed by atoms with E-state index in [-0.39, 0.29) is 34.3 Å². The molecular formula is C29H22F8N6O. The van der Waals surface area contributed by atoms with E-state index in [4.69, 9.17) is 0 Å². The predicted octanol–water partition coefficient (Wildman–Crippen LogP) is 7.35. The Morgan fingerprint density at radius 3 is 2.05 bits per heavy atom. The third-order valence-corrected chi connectivity index (χ3v) is 7.05. The van der Waals surface area contributed by atoms with Crippen molar-refractivity contribution in [2.45, 2.75) is 46.3 Å². The lowest BCUT2D eigenvalue weighted by Gasteiger charge is -2.12. The van der Waals surface area contributed by atoms with Gasteiger partial charge >= 0.3 is 6.18 Å². The van der Waals surface area contributed by atoms with Gasteiger partial charge in [0, 0.05) is 11.6 Å². The number of nitrogens with one attached hydrogen (secondary N) is 1. The average molecular weight is 623 g/mol. The first-order valence-corrected chi connectivity index (χ1v) is 13.0. The third kappa shape index (κ3) is 5.37. The smallest absolute Gasteiger partial charge is 0.317 e. The van der Waals surface area contributed by atoms with Crippen molar-refractivity contribution < 1.29 is 39.9 Å². The van der Waals surface area contributed by atoms with Gasteiger partial charge in [0.05, 0.1) is 34.9 Å². The fourth-order valence-corrected chi connectivity index (χ4v) is 4.62. The van der Waals surface area contributed by atoms with Crippen molar-refractivity contribution in [3.05, 3.63) is 99.4 Å². The van der Waals surface area contributed by atoms with E-state index < -0.39 is 64.7 Å². The van der Waals surface area contributed by atoms with Crippen molar-refractivity contribution in [3.63, 3.8) is 0 Å². The Morgan fingerprint density at radius 1 is 0.886 bits per heavy atom. The van der Waals surface area contributed by atoms with Gasteiger partial charge < -0.3 is 5.32 Å². The standard InChI is InChI=1S/C29H22F8N6O/c1-12(2)15-5-7-16(8-6-15)18-9-20(29(35,36)37)43-21(38-18)10-19(41-43)28(44)39-27-13(3)40-42(14(27)4)11-17-22(30)24(32)26(34)25(33)23(17)31/h5-10,12H,11H2,1-4H3,(H,39,44). The highest BCUT2D eigenvalue weighted by Gasteiger charge is 2.36. The average Bonchev–Trinajstić information content (AvgIpc) is 3.52. The zero-order valence-electron chi connectivity index (χ0n) is 23.4. The first kappa shape index (κ1) is 30.6. The van der Waals surface area contributed by atoms with E-state index in [0.29, 0.717) is 10.1 Å². The molecule has 15 heteroatoms. The number of aryl methyl sites for hydroxylation is 1. The number of anilines is 1. The highest BCUT2D eigenvalue weighted by molar-refractivity contribution is 6.04. The number of alkyl halides is 3. The summed E-state index contributed by atoms with van der Waals surface area (Å²) in [6.07, 6.45) is -4.86. The van der Waals surface area contributed by atoms with E-state index in [1.807, 2.05) is 13.8 Å². The molecule has 230 valence electrons. The maximum Gasteiger partial charge on any atom is 0.433 e. The molecular weight excluding hydrogens is 600 g/mol. The molecule has 0 atom stereocenters. The molecule has 2 aromatic carbocycles. The molecule has 0 fully saturated rings. The van der Waals surface area contributed by atoms with Gasteiger partial charge in [-0.1, -0.05) is 38.1 Å². The van der Waals surface area contributed by atoms with E-state index in [9.17, 15) is 39.9 Å². The molecule has 5 rings (SSSR count). The summed E-state index contributed by atoms with van der Waals surface area (Å²) in [4.78, 5) is 17.4. The summed E-state index contributed by atoms with van der Waals surface area (Å²) in [6, 6.07) is 8.74. The molecule has 3 heterocycles. The predicted molar refractivity (Wildman–Crippen MR) is 143 cm³/mol. The number of halogens is 8. The number of carbonyl (C=O) groups is 1. The number of rotatable bonds is 6. The van der Waals surface area contributed by atoms with E-state index in [2.05, 4.69) is 20.5 Å². The van der Waals surface area contributed by atoms with Gasteiger partial charge in [-0.2, -0.15) is 23.4 Å². The fraction of sp³-hybridized carbons (Fsp3) is 0.241. The van der Waals surface area contributed by atoms with Crippen LogP contribution in [0.2, 0.25) is 0 Å². The second kappa shape index (κ2) is 11.0. The molecule has 0 bridgehead atoms. The summed E-state index contributed by atoms with van der Waals surface area (Å²) in [6.45, 7) is 5.82. The largest absolute Gasteiger partial charge is 0.433 e. The summed E-state index contributed by atoms with van der Waals surface area (Å²) >= 11 is 0. The summed E-state index contributed by atoms with van der Waals surface area (Å²) in [5.74, 6) is -11.4. The third-order valence-electron chi connectivity index (χ3n) is 7.05. The van der Waals surface area contributed by atoms with E-state index in [0.717, 1.165) is 22.4 Å². The van der Waals surface area contributed by atoms with Gasteiger partial charge in [0.1, 0.15) is 0 Å². The molecule has 0 aliphatic heterocycles. The van der Waals surface area contributed by atoms with Crippen molar-refractivity contribution in [2.24, 2.45) is 0 Å². The second-order valence-corrected chi connectivity index (χ2v) is 10.3. The topological polar surface area (TPSA) is 77.1 Å². The van der Waals surface area contributed by atoms with Crippen LogP contribution in [0.5, 0.6) is 0 Å². The molecule has 0 saturated carbocycles. The Bertz CT molecular complexity index is 1900. The molecule has 0 aliphatic carbocycles. The number of benzene rings is 2. The molecule has 0 spiro atoms. The summed E-state index contributed by atoms with van der Waals surface area (Å²) < 4.78 is 113. The van der Waals surface area contributed by atoms with Crippen LogP contribution in [0.3, 0.4) is 0 Å². The zero-order valence-corrected chi connectivity index (χ0v) is 23.4. The van der Waals surface area contributed by atoms with Crippen molar-refractivity contribution in [3.8, 4) is 11.3 Å². The fourth-order valence-electron chi connectivity index (χ4n) is 4.62. The summed E-state index contributed by atoms with van der Waals surface area (Å²) in [5.41, 5.74) is -1.48. The molecule has 5 aromatic rings. The normalized spacial score (nSPS) is 12.0. The SMILES string of the molecule is Cc1nn(Cc2c(F)c(F)c(F)c(F)c2F)c(C)c1NC(=O)c1cc2nc(-c3ccc(C(C)C)cc3)cc(C(F)(F)F)n2n1. The Kier molecular flexibility index (Phi) is 7.68. The van der Waals surface area contributed by atoms with Gasteiger partial charge in [-0.05, 0) is 31.4 Å². The Morgan fingerprint density at radius 2 is 1.48 bits per heavy atom. The molecule has 1 amide bonds. The van der Waals surface area contributed by atoms with Crippen LogP contribution in [0, 0.1) is 42.9 Å². The van der Waals surface area contributed by atoms with Crippen LogP contribution in [0.4, 0.5) is 40.8 Å². The van der Waals surface area contributed by atoms with Gasteiger partial charge in [-0.25, -0.2) is 31.5 Å². The minimum atomic E-state index is -4.86. The van der Waals surface area contributed by atoms with E-state index in [1.165, 1.54) is 13.8 Å². The molecule has 0 radical (unpaired) electrons. The van der Waals surface area contributed by atoms with Crippen LogP contribution in [-0.4, -0.2) is 30.3 Å². The second-order valence-electron chi connectivity index (χ2n) is 10.3. The lowest BCUT2D eigenvalue weighted by atomic mass is 10.0.